The lowest BCUT2D eigenvalue weighted by Crippen LogP contribution is -2.67. The molecule has 0 aromatic heterocycles. The molecule has 0 N–H and O–H groups in total. The molecule has 0 radical (unpaired) electrons. The van der Waals surface area contributed by atoms with Gasteiger partial charge in [0.15, 0.2) is 18.5 Å². The van der Waals surface area contributed by atoms with Gasteiger partial charge in [-0.15, -0.1) is 0 Å². The summed E-state index contributed by atoms with van der Waals surface area (Å²) in [6.45, 7) is 2.57. The predicted octanol–water partition coefficient (Wildman–Crippen LogP) is 10.4. The monoisotopic (exact) mass is 1060 g/mol. The SMILES string of the molecule is COC(=O)c1ccc(O[C@H]2O[C@H](COCc3ccccc3)[C@@H](OCc3ccccc3)[C@H](OCc3ccccc3)[C@@H]2O[C@H]2O[C@H](COCc3ccccc3)[C@@H](OCc3ccccc3)[C@H](OCc3ccccc3)[C@@H]2OC(C)=O)cc1. The van der Waals surface area contributed by atoms with Crippen LogP contribution in [0.3, 0.4) is 0 Å². The van der Waals surface area contributed by atoms with E-state index in [0.717, 1.165) is 33.4 Å². The molecular weight excluding hydrogens is 993 g/mol. The fourth-order valence-electron chi connectivity index (χ4n) is 9.35. The van der Waals surface area contributed by atoms with E-state index >= 15 is 0 Å². The maximum absolute atomic E-state index is 13.5. The molecule has 0 unspecified atom stereocenters. The molecule has 7 aromatic rings. The molecule has 14 nitrogen and oxygen atoms in total. The van der Waals surface area contributed by atoms with Crippen molar-refractivity contribution in [2.45, 2.75) is 108 Å². The Morgan fingerprint density at radius 2 is 0.744 bits per heavy atom. The third kappa shape index (κ3) is 16.0. The Balaban J connectivity index is 1.13. The van der Waals surface area contributed by atoms with Crippen molar-refractivity contribution in [3.05, 3.63) is 245 Å². The quantitative estimate of drug-likeness (QED) is 0.0474. The summed E-state index contributed by atoms with van der Waals surface area (Å²) in [4.78, 5) is 26.1. The average molecular weight is 1060 g/mol. The van der Waals surface area contributed by atoms with Crippen molar-refractivity contribution in [1.82, 2.24) is 0 Å². The first kappa shape index (κ1) is 55.7. The summed E-state index contributed by atoms with van der Waals surface area (Å²) < 4.78 is 80.3. The zero-order chi connectivity index (χ0) is 53.7. The van der Waals surface area contributed by atoms with Gasteiger partial charge in [-0.1, -0.05) is 182 Å². The Kier molecular flexibility index (Phi) is 20.7. The molecule has 10 atom stereocenters. The number of carbonyl (C=O) groups is 2. The van der Waals surface area contributed by atoms with E-state index in [1.807, 2.05) is 182 Å². The molecule has 78 heavy (non-hydrogen) atoms. The highest BCUT2D eigenvalue weighted by atomic mass is 16.8. The molecule has 0 saturated carbocycles. The number of ether oxygens (including phenoxy) is 12. The van der Waals surface area contributed by atoms with Gasteiger partial charge in [-0.05, 0) is 57.6 Å². The molecule has 2 aliphatic heterocycles. The normalized spacial score (nSPS) is 23.0. The first-order chi connectivity index (χ1) is 38.4. The van der Waals surface area contributed by atoms with Crippen LogP contribution in [0.15, 0.2) is 206 Å². The minimum Gasteiger partial charge on any atom is -0.465 e. The molecule has 2 fully saturated rings. The molecule has 0 bridgehead atoms. The molecular formula is C64H66O14. The predicted molar refractivity (Wildman–Crippen MR) is 288 cm³/mol. The van der Waals surface area contributed by atoms with Crippen LogP contribution in [0.25, 0.3) is 0 Å². The van der Waals surface area contributed by atoms with Gasteiger partial charge in [-0.3, -0.25) is 4.79 Å². The number of carbonyl (C=O) groups excluding carboxylic acids is 2. The minimum atomic E-state index is -1.39. The average Bonchev–Trinajstić information content (AvgIpc) is 3.61. The van der Waals surface area contributed by atoms with Gasteiger partial charge in [0.1, 0.15) is 42.4 Å². The maximum atomic E-state index is 13.5. The molecule has 406 valence electrons. The fraction of sp³-hybridized carbons (Fsp3) is 0.312. The summed E-state index contributed by atoms with van der Waals surface area (Å²) in [7, 11) is 1.32. The molecule has 0 spiro atoms. The van der Waals surface area contributed by atoms with Gasteiger partial charge < -0.3 is 56.8 Å². The van der Waals surface area contributed by atoms with Crippen LogP contribution in [0, 0.1) is 0 Å². The molecule has 7 aromatic carbocycles. The lowest BCUT2D eigenvalue weighted by Gasteiger charge is -2.49. The van der Waals surface area contributed by atoms with Crippen molar-refractivity contribution in [2.24, 2.45) is 0 Å². The molecule has 14 heteroatoms. The van der Waals surface area contributed by atoms with Crippen LogP contribution in [-0.2, 0) is 96.5 Å². The van der Waals surface area contributed by atoms with Crippen LogP contribution in [0.5, 0.6) is 5.75 Å². The van der Waals surface area contributed by atoms with Crippen molar-refractivity contribution in [3.8, 4) is 5.75 Å². The largest absolute Gasteiger partial charge is 0.465 e. The summed E-state index contributed by atoms with van der Waals surface area (Å²) >= 11 is 0. The molecule has 2 heterocycles. The van der Waals surface area contributed by atoms with Crippen molar-refractivity contribution in [2.75, 3.05) is 20.3 Å². The second kappa shape index (κ2) is 29.1. The lowest BCUT2D eigenvalue weighted by molar-refractivity contribution is -0.371. The highest BCUT2D eigenvalue weighted by Gasteiger charge is 2.56. The Morgan fingerprint density at radius 3 is 1.12 bits per heavy atom. The van der Waals surface area contributed by atoms with Crippen molar-refractivity contribution < 1.29 is 66.4 Å². The Bertz CT molecular complexity index is 2830. The zero-order valence-electron chi connectivity index (χ0n) is 43.8. The lowest BCUT2D eigenvalue weighted by atomic mass is 9.96. The van der Waals surface area contributed by atoms with Crippen LogP contribution in [0.1, 0.15) is 50.7 Å². The van der Waals surface area contributed by atoms with E-state index in [1.165, 1.54) is 14.0 Å². The maximum Gasteiger partial charge on any atom is 0.337 e. The summed E-state index contributed by atoms with van der Waals surface area (Å²) in [6.07, 6.45) is -10.5. The number of methoxy groups -OCH3 is 1. The van der Waals surface area contributed by atoms with E-state index in [0.29, 0.717) is 11.3 Å². The van der Waals surface area contributed by atoms with Crippen LogP contribution < -0.4 is 4.74 Å². The molecule has 0 aliphatic carbocycles. The van der Waals surface area contributed by atoms with E-state index in [2.05, 4.69) is 0 Å². The van der Waals surface area contributed by atoms with E-state index in [-0.39, 0.29) is 52.9 Å². The van der Waals surface area contributed by atoms with Crippen molar-refractivity contribution in [1.29, 1.82) is 0 Å². The van der Waals surface area contributed by atoms with Gasteiger partial charge in [-0.2, -0.15) is 0 Å². The summed E-state index contributed by atoms with van der Waals surface area (Å²) in [5.74, 6) is -0.785. The van der Waals surface area contributed by atoms with Gasteiger partial charge in [-0.25, -0.2) is 4.79 Å². The van der Waals surface area contributed by atoms with Gasteiger partial charge in [0.25, 0.3) is 0 Å². The van der Waals surface area contributed by atoms with Crippen molar-refractivity contribution in [3.63, 3.8) is 0 Å². The second-order valence-electron chi connectivity index (χ2n) is 18.9. The first-order valence-corrected chi connectivity index (χ1v) is 26.2. The highest BCUT2D eigenvalue weighted by Crippen LogP contribution is 2.37. The highest BCUT2D eigenvalue weighted by molar-refractivity contribution is 5.89. The number of hydrogen-bond acceptors (Lipinski definition) is 14. The molecule has 2 saturated heterocycles. The van der Waals surface area contributed by atoms with Gasteiger partial charge in [0.2, 0.25) is 6.29 Å². The van der Waals surface area contributed by atoms with Gasteiger partial charge >= 0.3 is 11.9 Å². The van der Waals surface area contributed by atoms with Gasteiger partial charge in [0.05, 0.1) is 65.5 Å². The number of benzene rings is 7. The van der Waals surface area contributed by atoms with Crippen LogP contribution in [0.2, 0.25) is 0 Å². The summed E-state index contributed by atoms with van der Waals surface area (Å²) in [6, 6.07) is 65.2. The summed E-state index contributed by atoms with van der Waals surface area (Å²) in [5.41, 5.74) is 5.82. The molecule has 0 amide bonds. The first-order valence-electron chi connectivity index (χ1n) is 26.2. The smallest absolute Gasteiger partial charge is 0.337 e. The Labute approximate surface area is 455 Å². The Hall–Kier alpha value is -7.08. The summed E-state index contributed by atoms with van der Waals surface area (Å²) in [5, 5.41) is 0. The van der Waals surface area contributed by atoms with E-state index in [9.17, 15) is 9.59 Å². The zero-order valence-corrected chi connectivity index (χ0v) is 43.8. The topological polar surface area (TPSA) is 145 Å². The third-order valence-corrected chi connectivity index (χ3v) is 13.2. The van der Waals surface area contributed by atoms with Gasteiger partial charge in [0, 0.05) is 6.92 Å². The fourth-order valence-corrected chi connectivity index (χ4v) is 9.35. The van der Waals surface area contributed by atoms with Crippen LogP contribution in [0.4, 0.5) is 0 Å². The number of rotatable bonds is 26. The second-order valence-corrected chi connectivity index (χ2v) is 18.9. The van der Waals surface area contributed by atoms with E-state index in [4.69, 9.17) is 56.8 Å². The molecule has 9 rings (SSSR count). The van der Waals surface area contributed by atoms with E-state index < -0.39 is 73.4 Å². The van der Waals surface area contributed by atoms with E-state index in [1.54, 1.807) is 24.3 Å². The standard InChI is InChI=1S/C64H66O14/c1-45(65)74-60-58(72-41-50-29-17-7-18-30-50)56(70-39-48-25-13-5-14-26-48)55(44-69-38-47-23-11-4-12-24-47)77-64(60)78-61-59(73-42-51-31-19-8-20-32-51)57(71-40-49-27-15-6-16-28-49)54(43-68-37-46-21-9-3-10-22-46)76-63(61)75-53-35-33-52(34-36-53)62(66)67-2/h3-36,54-61,63-64H,37-44H2,1-2H3/t54-,55-,56-,57-,58+,59+,60+,61+,63+,64-/m1/s1. The van der Waals surface area contributed by atoms with Crippen LogP contribution >= 0.6 is 0 Å². The third-order valence-electron chi connectivity index (χ3n) is 13.2. The van der Waals surface area contributed by atoms with Crippen molar-refractivity contribution >= 4 is 11.9 Å². The number of hydrogen-bond donors (Lipinski definition) is 0. The Morgan fingerprint density at radius 1 is 0.397 bits per heavy atom. The number of esters is 2. The minimum absolute atomic E-state index is 0.0252. The van der Waals surface area contributed by atoms with Crippen LogP contribution in [-0.4, -0.2) is 93.7 Å². The molecule has 2 aliphatic rings.